The van der Waals surface area contributed by atoms with Crippen molar-refractivity contribution >= 4 is 0 Å². The molecule has 4 heteroatoms. The number of hydrogen-bond acceptors (Lipinski definition) is 2. The van der Waals surface area contributed by atoms with Gasteiger partial charge in [-0.05, 0) is 24.6 Å². The average molecular weight is 291 g/mol. The molecule has 0 aliphatic rings. The molecule has 0 heterocycles. The lowest BCUT2D eigenvalue weighted by molar-refractivity contribution is -0.00352. The third-order valence-corrected chi connectivity index (χ3v) is 3.08. The van der Waals surface area contributed by atoms with Crippen molar-refractivity contribution in [3.8, 4) is 5.75 Å². The molecule has 2 aromatic carbocycles. The number of halogens is 2. The third-order valence-electron chi connectivity index (χ3n) is 3.08. The van der Waals surface area contributed by atoms with Crippen LogP contribution < -0.4 is 10.1 Å². The fraction of sp³-hybridized carbons (Fsp3) is 0.294. The zero-order chi connectivity index (χ0) is 15.1. The van der Waals surface area contributed by atoms with Gasteiger partial charge >= 0.3 is 0 Å². The maximum absolute atomic E-state index is 13.9. The molecular formula is C17H19F2NO. The highest BCUT2D eigenvalue weighted by atomic mass is 19.3. The van der Waals surface area contributed by atoms with E-state index in [4.69, 9.17) is 4.74 Å². The summed E-state index contributed by atoms with van der Waals surface area (Å²) in [5, 5.41) is 2.73. The molecule has 112 valence electrons. The highest BCUT2D eigenvalue weighted by molar-refractivity contribution is 5.27. The Kier molecular flexibility index (Phi) is 5.28. The van der Waals surface area contributed by atoms with Gasteiger partial charge in [-0.1, -0.05) is 42.5 Å². The Bertz CT molecular complexity index is 558. The van der Waals surface area contributed by atoms with E-state index in [1.165, 1.54) is 12.1 Å². The summed E-state index contributed by atoms with van der Waals surface area (Å²) in [6.45, 7) is 2.31. The molecule has 0 unspecified atom stereocenters. The van der Waals surface area contributed by atoms with Gasteiger partial charge in [0.05, 0.1) is 6.54 Å². The molecule has 0 amide bonds. The van der Waals surface area contributed by atoms with Gasteiger partial charge in [0.25, 0.3) is 5.92 Å². The minimum Gasteiger partial charge on any atom is -0.492 e. The molecule has 1 N–H and O–H groups in total. The Labute approximate surface area is 123 Å². The van der Waals surface area contributed by atoms with Crippen LogP contribution in [0.3, 0.4) is 0 Å². The first-order valence-corrected chi connectivity index (χ1v) is 6.91. The molecule has 0 saturated carbocycles. The monoisotopic (exact) mass is 291 g/mol. The second-order valence-electron chi connectivity index (χ2n) is 4.91. The van der Waals surface area contributed by atoms with Gasteiger partial charge in [0.1, 0.15) is 12.4 Å². The molecule has 2 aromatic rings. The smallest absolute Gasteiger partial charge is 0.285 e. The van der Waals surface area contributed by atoms with E-state index >= 15 is 0 Å². The van der Waals surface area contributed by atoms with E-state index < -0.39 is 12.5 Å². The van der Waals surface area contributed by atoms with Gasteiger partial charge in [0, 0.05) is 12.1 Å². The number of rotatable bonds is 7. The van der Waals surface area contributed by atoms with Crippen molar-refractivity contribution < 1.29 is 13.5 Å². The van der Waals surface area contributed by atoms with Gasteiger partial charge in [-0.3, -0.25) is 0 Å². The van der Waals surface area contributed by atoms with Crippen LogP contribution in [0, 0.1) is 6.92 Å². The highest BCUT2D eigenvalue weighted by Crippen LogP contribution is 2.26. The van der Waals surface area contributed by atoms with Crippen molar-refractivity contribution in [2.24, 2.45) is 0 Å². The predicted molar refractivity (Wildman–Crippen MR) is 79.9 cm³/mol. The zero-order valence-corrected chi connectivity index (χ0v) is 12.0. The topological polar surface area (TPSA) is 21.3 Å². The summed E-state index contributed by atoms with van der Waals surface area (Å²) in [4.78, 5) is 0. The van der Waals surface area contributed by atoms with Crippen molar-refractivity contribution in [2.75, 3.05) is 19.7 Å². The first kappa shape index (κ1) is 15.4. The van der Waals surface area contributed by atoms with Gasteiger partial charge in [-0.15, -0.1) is 0 Å². The van der Waals surface area contributed by atoms with Crippen molar-refractivity contribution in [1.29, 1.82) is 0 Å². The number of aryl methyl sites for hydroxylation is 1. The lowest BCUT2D eigenvalue weighted by Crippen LogP contribution is -2.33. The van der Waals surface area contributed by atoms with Gasteiger partial charge in [0.15, 0.2) is 0 Å². The first-order chi connectivity index (χ1) is 10.1. The minimum absolute atomic E-state index is 0.0251. The Morgan fingerprint density at radius 3 is 2.52 bits per heavy atom. The summed E-state index contributed by atoms with van der Waals surface area (Å²) < 4.78 is 33.2. The number of alkyl halides is 2. The Morgan fingerprint density at radius 1 is 1.05 bits per heavy atom. The molecule has 0 aromatic heterocycles. The summed E-state index contributed by atoms with van der Waals surface area (Å²) in [6, 6.07) is 15.5. The molecular weight excluding hydrogens is 272 g/mol. The quantitative estimate of drug-likeness (QED) is 0.784. The van der Waals surface area contributed by atoms with Crippen molar-refractivity contribution in [3.63, 3.8) is 0 Å². The van der Waals surface area contributed by atoms with Crippen LogP contribution in [0.1, 0.15) is 11.1 Å². The molecule has 0 fully saturated rings. The van der Waals surface area contributed by atoms with Crippen LogP contribution in [0.5, 0.6) is 5.75 Å². The van der Waals surface area contributed by atoms with Crippen LogP contribution >= 0.6 is 0 Å². The maximum Gasteiger partial charge on any atom is 0.285 e. The molecule has 21 heavy (non-hydrogen) atoms. The van der Waals surface area contributed by atoms with E-state index in [1.807, 2.05) is 31.2 Å². The number of nitrogens with one attached hydrogen (secondary N) is 1. The highest BCUT2D eigenvalue weighted by Gasteiger charge is 2.30. The molecule has 2 rings (SSSR count). The Hall–Kier alpha value is -1.94. The fourth-order valence-corrected chi connectivity index (χ4v) is 1.98. The van der Waals surface area contributed by atoms with Gasteiger partial charge in [-0.25, -0.2) is 0 Å². The summed E-state index contributed by atoms with van der Waals surface area (Å²) in [5.74, 6) is -2.11. The third kappa shape index (κ3) is 4.83. The molecule has 2 nitrogen and oxygen atoms in total. The maximum atomic E-state index is 13.9. The standard InChI is InChI=1S/C17H19F2NO/c1-14-6-5-9-16(12-14)21-11-10-20-13-17(18,19)15-7-3-2-4-8-15/h2-9,12,20H,10-11,13H2,1H3. The Morgan fingerprint density at radius 2 is 1.81 bits per heavy atom. The Balaban J connectivity index is 1.72. The predicted octanol–water partition coefficient (Wildman–Crippen LogP) is 3.76. The van der Waals surface area contributed by atoms with Crippen molar-refractivity contribution in [3.05, 3.63) is 65.7 Å². The summed E-state index contributed by atoms with van der Waals surface area (Å²) in [6.07, 6.45) is 0. The number of ether oxygens (including phenoxy) is 1. The van der Waals surface area contributed by atoms with Gasteiger partial charge in [-0.2, -0.15) is 8.78 Å². The van der Waals surface area contributed by atoms with Crippen LogP contribution in [0.2, 0.25) is 0 Å². The summed E-state index contributed by atoms with van der Waals surface area (Å²) in [5.41, 5.74) is 1.13. The van der Waals surface area contributed by atoms with Crippen molar-refractivity contribution in [1.82, 2.24) is 5.32 Å². The molecule has 0 aliphatic carbocycles. The van der Waals surface area contributed by atoms with Crippen LogP contribution in [-0.4, -0.2) is 19.7 Å². The van der Waals surface area contributed by atoms with E-state index in [9.17, 15) is 8.78 Å². The molecule has 0 spiro atoms. The van der Waals surface area contributed by atoms with E-state index in [-0.39, 0.29) is 5.56 Å². The lowest BCUT2D eigenvalue weighted by Gasteiger charge is -2.17. The second-order valence-corrected chi connectivity index (χ2v) is 4.91. The van der Waals surface area contributed by atoms with Crippen LogP contribution in [-0.2, 0) is 5.92 Å². The van der Waals surface area contributed by atoms with Crippen LogP contribution in [0.15, 0.2) is 54.6 Å². The minimum atomic E-state index is -2.87. The normalized spacial score (nSPS) is 11.4. The SMILES string of the molecule is Cc1cccc(OCCNCC(F)(F)c2ccccc2)c1. The van der Waals surface area contributed by atoms with E-state index in [1.54, 1.807) is 18.2 Å². The molecule has 0 radical (unpaired) electrons. The lowest BCUT2D eigenvalue weighted by atomic mass is 10.1. The molecule has 0 aliphatic heterocycles. The fourth-order valence-electron chi connectivity index (χ4n) is 1.98. The van der Waals surface area contributed by atoms with E-state index in [0.717, 1.165) is 11.3 Å². The largest absolute Gasteiger partial charge is 0.492 e. The van der Waals surface area contributed by atoms with Crippen LogP contribution in [0.4, 0.5) is 8.78 Å². The number of hydrogen-bond donors (Lipinski definition) is 1. The molecule has 0 atom stereocenters. The van der Waals surface area contributed by atoms with Gasteiger partial charge < -0.3 is 10.1 Å². The summed E-state index contributed by atoms with van der Waals surface area (Å²) in [7, 11) is 0. The molecule has 0 bridgehead atoms. The van der Waals surface area contributed by atoms with E-state index in [2.05, 4.69) is 5.32 Å². The van der Waals surface area contributed by atoms with E-state index in [0.29, 0.717) is 13.2 Å². The van der Waals surface area contributed by atoms with Gasteiger partial charge in [0.2, 0.25) is 0 Å². The van der Waals surface area contributed by atoms with Crippen molar-refractivity contribution in [2.45, 2.75) is 12.8 Å². The summed E-state index contributed by atoms with van der Waals surface area (Å²) >= 11 is 0. The average Bonchev–Trinajstić information content (AvgIpc) is 2.48. The number of benzene rings is 2. The zero-order valence-electron chi connectivity index (χ0n) is 12.0. The second kappa shape index (κ2) is 7.18. The first-order valence-electron chi connectivity index (χ1n) is 6.91. The molecule has 0 saturated heterocycles. The van der Waals surface area contributed by atoms with Crippen LogP contribution in [0.25, 0.3) is 0 Å².